The number of H-pyrrole nitrogens is 1. The third kappa shape index (κ3) is 4.62. The topological polar surface area (TPSA) is 118 Å². The number of imidazole rings is 1. The van der Waals surface area contributed by atoms with Crippen molar-refractivity contribution in [1.29, 1.82) is 0 Å². The second-order valence-electron chi connectivity index (χ2n) is 9.73. The van der Waals surface area contributed by atoms with Crippen LogP contribution in [0.2, 0.25) is 5.02 Å². The molecule has 40 heavy (non-hydrogen) atoms. The number of hydrogen-bond acceptors (Lipinski definition) is 6. The summed E-state index contributed by atoms with van der Waals surface area (Å²) in [6, 6.07) is 11.8. The molecule has 0 unspecified atom stereocenters. The lowest BCUT2D eigenvalue weighted by Gasteiger charge is -2.26. The normalized spacial score (nSPS) is 13.7. The van der Waals surface area contributed by atoms with Crippen molar-refractivity contribution in [1.82, 2.24) is 19.4 Å². The molecular weight excluding hydrogens is 554 g/mol. The molecule has 0 radical (unpaired) electrons. The molecular formula is C28H30ClN5O5S. The lowest BCUT2D eigenvalue weighted by Crippen LogP contribution is -2.32. The zero-order chi connectivity index (χ0) is 28.8. The lowest BCUT2D eigenvalue weighted by molar-refractivity contribution is 0.0797. The number of benzene rings is 2. The number of aromatic amines is 1. The fourth-order valence-electron chi connectivity index (χ4n) is 4.99. The van der Waals surface area contributed by atoms with E-state index in [0.717, 1.165) is 18.4 Å². The molecule has 0 fully saturated rings. The Labute approximate surface area is 237 Å². The molecule has 1 aliphatic heterocycles. The largest absolute Gasteiger partial charge is 0.495 e. The summed E-state index contributed by atoms with van der Waals surface area (Å²) >= 11 is 6.64. The average molecular weight is 584 g/mol. The molecule has 0 aliphatic carbocycles. The van der Waals surface area contributed by atoms with Crippen LogP contribution in [0.25, 0.3) is 16.9 Å². The number of aromatic nitrogens is 3. The Hall–Kier alpha value is -3.83. The molecule has 0 spiro atoms. The molecule has 10 nitrogen and oxygen atoms in total. The predicted octanol–water partition coefficient (Wildman–Crippen LogP) is 4.31. The molecule has 3 heterocycles. The van der Waals surface area contributed by atoms with Gasteiger partial charge in [0.15, 0.2) is 5.65 Å². The Morgan fingerprint density at radius 3 is 2.65 bits per heavy atom. The van der Waals surface area contributed by atoms with E-state index in [1.54, 1.807) is 26.1 Å². The fourth-order valence-corrected chi connectivity index (χ4v) is 6.92. The summed E-state index contributed by atoms with van der Waals surface area (Å²) in [5.41, 5.74) is 2.44. The van der Waals surface area contributed by atoms with Crippen molar-refractivity contribution in [2.75, 3.05) is 31.6 Å². The summed E-state index contributed by atoms with van der Waals surface area (Å²) in [7, 11) is -1.11. The molecule has 1 N–H and O–H groups in total. The maximum absolute atomic E-state index is 14.2. The number of carbonyl (C=O) groups excluding carboxylic acids is 1. The molecule has 0 saturated heterocycles. The van der Waals surface area contributed by atoms with Crippen LogP contribution in [0.4, 0.5) is 5.69 Å². The molecule has 4 aromatic rings. The van der Waals surface area contributed by atoms with E-state index in [4.69, 9.17) is 16.3 Å². The van der Waals surface area contributed by atoms with Crippen LogP contribution in [0, 0.1) is 6.92 Å². The van der Waals surface area contributed by atoms with Gasteiger partial charge in [0.2, 0.25) is 0 Å². The summed E-state index contributed by atoms with van der Waals surface area (Å²) in [5, 5.41) is 0.0805. The predicted molar refractivity (Wildman–Crippen MR) is 155 cm³/mol. The van der Waals surface area contributed by atoms with Gasteiger partial charge >= 0.3 is 5.69 Å². The van der Waals surface area contributed by atoms with Crippen LogP contribution in [0.1, 0.15) is 41.4 Å². The van der Waals surface area contributed by atoms with Gasteiger partial charge in [-0.1, -0.05) is 29.8 Å². The van der Waals surface area contributed by atoms with Gasteiger partial charge in [-0.3, -0.25) is 9.10 Å². The number of para-hydroxylation sites is 1. The van der Waals surface area contributed by atoms with Gasteiger partial charge in [-0.15, -0.1) is 0 Å². The van der Waals surface area contributed by atoms with Gasteiger partial charge in [0.25, 0.3) is 15.9 Å². The molecule has 0 bridgehead atoms. The minimum Gasteiger partial charge on any atom is -0.495 e. The van der Waals surface area contributed by atoms with Crippen molar-refractivity contribution in [2.24, 2.45) is 0 Å². The number of fused-ring (bicyclic) bond motifs is 2. The van der Waals surface area contributed by atoms with Crippen molar-refractivity contribution >= 4 is 44.4 Å². The molecule has 0 saturated carbocycles. The molecule has 2 aromatic carbocycles. The Balaban J connectivity index is 1.73. The van der Waals surface area contributed by atoms with Crippen molar-refractivity contribution in [3.05, 3.63) is 74.8 Å². The van der Waals surface area contributed by atoms with Crippen LogP contribution in [0.15, 0.2) is 52.2 Å². The van der Waals surface area contributed by atoms with Gasteiger partial charge in [-0.05, 0) is 62.4 Å². The van der Waals surface area contributed by atoms with Crippen LogP contribution >= 0.6 is 11.6 Å². The number of anilines is 1. The Kier molecular flexibility index (Phi) is 7.36. The van der Waals surface area contributed by atoms with Gasteiger partial charge in [-0.2, -0.15) is 0 Å². The first kappa shape index (κ1) is 27.7. The highest BCUT2D eigenvalue weighted by atomic mass is 35.5. The number of ether oxygens (including phenoxy) is 1. The molecule has 5 rings (SSSR count). The highest BCUT2D eigenvalue weighted by Gasteiger charge is 2.32. The van der Waals surface area contributed by atoms with E-state index >= 15 is 0 Å². The van der Waals surface area contributed by atoms with Gasteiger partial charge in [-0.25, -0.2) is 22.8 Å². The number of amides is 1. The first-order valence-corrected chi connectivity index (χ1v) is 14.8. The van der Waals surface area contributed by atoms with Crippen molar-refractivity contribution in [2.45, 2.75) is 38.0 Å². The third-order valence-electron chi connectivity index (χ3n) is 7.24. The van der Waals surface area contributed by atoms with Crippen LogP contribution in [0.3, 0.4) is 0 Å². The van der Waals surface area contributed by atoms with E-state index in [0.29, 0.717) is 36.3 Å². The molecule has 1 aliphatic rings. The number of carbonyl (C=O) groups is 1. The molecule has 12 heteroatoms. The van der Waals surface area contributed by atoms with E-state index < -0.39 is 15.7 Å². The maximum Gasteiger partial charge on any atom is 0.332 e. The molecule has 0 atom stereocenters. The van der Waals surface area contributed by atoms with Crippen LogP contribution in [-0.2, 0) is 16.4 Å². The van der Waals surface area contributed by atoms with Gasteiger partial charge in [0, 0.05) is 26.2 Å². The van der Waals surface area contributed by atoms with Crippen LogP contribution < -0.4 is 14.7 Å². The zero-order valence-corrected chi connectivity index (χ0v) is 24.3. The first-order chi connectivity index (χ1) is 19.1. The quantitative estimate of drug-likeness (QED) is 0.361. The number of rotatable bonds is 6. The highest BCUT2D eigenvalue weighted by Crippen LogP contribution is 2.38. The highest BCUT2D eigenvalue weighted by molar-refractivity contribution is 7.93. The van der Waals surface area contributed by atoms with E-state index in [1.807, 2.05) is 25.1 Å². The second-order valence-corrected chi connectivity index (χ2v) is 12.0. The van der Waals surface area contributed by atoms with Crippen molar-refractivity contribution < 1.29 is 17.9 Å². The Morgan fingerprint density at radius 2 is 1.93 bits per heavy atom. The SMILES string of the molecule is CCN(C)C(=O)c1cc(C)c2[nH]c(=O)n(-c3cc(S(=O)(=O)N4CCCCc5ccccc54)c(OC)cc3Cl)c2n1. The van der Waals surface area contributed by atoms with Crippen molar-refractivity contribution in [3.63, 3.8) is 0 Å². The third-order valence-corrected chi connectivity index (χ3v) is 9.38. The molecule has 210 valence electrons. The van der Waals surface area contributed by atoms with Crippen LogP contribution in [0.5, 0.6) is 5.75 Å². The Bertz CT molecular complexity index is 1800. The van der Waals surface area contributed by atoms with E-state index in [-0.39, 0.29) is 38.6 Å². The van der Waals surface area contributed by atoms with Gasteiger partial charge in [0.1, 0.15) is 16.3 Å². The summed E-state index contributed by atoms with van der Waals surface area (Å²) in [6.07, 6.45) is 2.32. The summed E-state index contributed by atoms with van der Waals surface area (Å²) in [6.45, 7) is 4.37. The molecule has 2 aromatic heterocycles. The zero-order valence-electron chi connectivity index (χ0n) is 22.7. The van der Waals surface area contributed by atoms with Crippen molar-refractivity contribution in [3.8, 4) is 11.4 Å². The van der Waals surface area contributed by atoms with E-state index in [2.05, 4.69) is 9.97 Å². The van der Waals surface area contributed by atoms with E-state index in [9.17, 15) is 18.0 Å². The van der Waals surface area contributed by atoms with Crippen LogP contribution in [-0.4, -0.2) is 61.0 Å². The molecule has 1 amide bonds. The number of nitrogens with zero attached hydrogens (tertiary/aromatic N) is 4. The number of aryl methyl sites for hydroxylation is 2. The van der Waals surface area contributed by atoms with E-state index in [1.165, 1.54) is 33.0 Å². The number of sulfonamides is 1. The smallest absolute Gasteiger partial charge is 0.332 e. The fraction of sp³-hybridized carbons (Fsp3) is 0.321. The standard InChI is InChI=1S/C28H30ClN5O5S/c1-5-32(3)27(35)20-14-17(2)25-26(30-20)34(28(36)31-25)22-16-24(23(39-4)15-19(22)29)40(37,38)33-13-9-8-11-18-10-6-7-12-21(18)33/h6-7,10,12,14-16H,5,8-9,11,13H2,1-4H3,(H,31,36). The number of halogens is 1. The Morgan fingerprint density at radius 1 is 1.18 bits per heavy atom. The summed E-state index contributed by atoms with van der Waals surface area (Å²) < 4.78 is 36.5. The lowest BCUT2D eigenvalue weighted by atomic mass is 10.1. The monoisotopic (exact) mass is 583 g/mol. The summed E-state index contributed by atoms with van der Waals surface area (Å²) in [5.74, 6) is -0.260. The maximum atomic E-state index is 14.2. The average Bonchev–Trinajstić information content (AvgIpc) is 3.12. The number of methoxy groups -OCH3 is 1. The number of pyridine rings is 1. The van der Waals surface area contributed by atoms with Gasteiger partial charge < -0.3 is 14.6 Å². The number of hydrogen-bond donors (Lipinski definition) is 1. The second kappa shape index (κ2) is 10.6. The minimum absolute atomic E-state index is 0.0490. The van der Waals surface area contributed by atoms with Gasteiger partial charge in [0.05, 0.1) is 29.0 Å². The number of nitrogens with one attached hydrogen (secondary N) is 1. The first-order valence-electron chi connectivity index (χ1n) is 12.9. The minimum atomic E-state index is -4.14. The summed E-state index contributed by atoms with van der Waals surface area (Å²) in [4.78, 5) is 34.8.